The third-order valence-electron chi connectivity index (χ3n) is 3.09. The maximum absolute atomic E-state index is 5.36. The molecule has 1 aliphatic carbocycles. The lowest BCUT2D eigenvalue weighted by Crippen LogP contribution is -2.17. The van der Waals surface area contributed by atoms with Crippen LogP contribution in [0.5, 0.6) is 11.5 Å². The number of ether oxygens (including phenoxy) is 2. The van der Waals surface area contributed by atoms with E-state index in [2.05, 4.69) is 17.4 Å². The van der Waals surface area contributed by atoms with Gasteiger partial charge in [-0.1, -0.05) is 6.07 Å². The summed E-state index contributed by atoms with van der Waals surface area (Å²) >= 11 is 0. The van der Waals surface area contributed by atoms with Gasteiger partial charge in [-0.25, -0.2) is 0 Å². The third-order valence-corrected chi connectivity index (χ3v) is 3.09. The number of aryl methyl sites for hydroxylation is 1. The summed E-state index contributed by atoms with van der Waals surface area (Å²) in [5.41, 5.74) is 1.34. The molecule has 3 heteroatoms. The summed E-state index contributed by atoms with van der Waals surface area (Å²) in [6, 6.07) is 7.05. The van der Waals surface area contributed by atoms with Crippen molar-refractivity contribution in [2.24, 2.45) is 0 Å². The van der Waals surface area contributed by atoms with Crippen molar-refractivity contribution >= 4 is 0 Å². The van der Waals surface area contributed by atoms with E-state index in [9.17, 15) is 0 Å². The summed E-state index contributed by atoms with van der Waals surface area (Å²) in [6.07, 6.45) is 5.03. The monoisotopic (exact) mass is 219 g/mol. The highest BCUT2D eigenvalue weighted by molar-refractivity contribution is 5.44. The van der Waals surface area contributed by atoms with Crippen LogP contribution in [-0.4, -0.2) is 19.4 Å². The SMILES string of the molecule is c1cc2c(cc1CCCNC1CC1)OCO2. The Kier molecular flexibility index (Phi) is 2.70. The molecule has 2 aliphatic rings. The van der Waals surface area contributed by atoms with Gasteiger partial charge >= 0.3 is 0 Å². The summed E-state index contributed by atoms with van der Waals surface area (Å²) < 4.78 is 10.6. The predicted molar refractivity (Wildman–Crippen MR) is 61.9 cm³/mol. The van der Waals surface area contributed by atoms with Gasteiger partial charge in [-0.15, -0.1) is 0 Å². The van der Waals surface area contributed by atoms with E-state index in [-0.39, 0.29) is 0 Å². The van der Waals surface area contributed by atoms with Gasteiger partial charge in [-0.05, 0) is 49.9 Å². The van der Waals surface area contributed by atoms with Gasteiger partial charge in [0.2, 0.25) is 6.79 Å². The van der Waals surface area contributed by atoms with Crippen molar-refractivity contribution < 1.29 is 9.47 Å². The molecule has 1 aliphatic heterocycles. The van der Waals surface area contributed by atoms with E-state index in [1.54, 1.807) is 0 Å². The fourth-order valence-corrected chi connectivity index (χ4v) is 1.98. The number of hydrogen-bond acceptors (Lipinski definition) is 3. The summed E-state index contributed by atoms with van der Waals surface area (Å²) in [6.45, 7) is 1.49. The Bertz CT molecular complexity index is 374. The zero-order valence-corrected chi connectivity index (χ0v) is 9.37. The molecule has 0 radical (unpaired) electrons. The van der Waals surface area contributed by atoms with Crippen molar-refractivity contribution in [1.82, 2.24) is 5.32 Å². The van der Waals surface area contributed by atoms with Gasteiger partial charge in [0.25, 0.3) is 0 Å². The van der Waals surface area contributed by atoms with Gasteiger partial charge in [-0.3, -0.25) is 0 Å². The molecule has 86 valence electrons. The Balaban J connectivity index is 1.49. The fraction of sp³-hybridized carbons (Fsp3) is 0.538. The van der Waals surface area contributed by atoms with Crippen molar-refractivity contribution in [2.45, 2.75) is 31.7 Å². The van der Waals surface area contributed by atoms with Crippen LogP contribution < -0.4 is 14.8 Å². The molecule has 0 amide bonds. The summed E-state index contributed by atoms with van der Waals surface area (Å²) in [4.78, 5) is 0. The summed E-state index contributed by atoms with van der Waals surface area (Å²) in [7, 11) is 0. The van der Waals surface area contributed by atoms with E-state index < -0.39 is 0 Å². The smallest absolute Gasteiger partial charge is 0.231 e. The highest BCUT2D eigenvalue weighted by Crippen LogP contribution is 2.32. The molecule has 1 saturated carbocycles. The number of fused-ring (bicyclic) bond motifs is 1. The Morgan fingerprint density at radius 3 is 2.94 bits per heavy atom. The molecule has 0 saturated heterocycles. The maximum atomic E-state index is 5.36. The van der Waals surface area contributed by atoms with Crippen LogP contribution in [0.3, 0.4) is 0 Å². The highest BCUT2D eigenvalue weighted by atomic mass is 16.7. The quantitative estimate of drug-likeness (QED) is 0.769. The molecule has 0 bridgehead atoms. The zero-order valence-electron chi connectivity index (χ0n) is 9.37. The van der Waals surface area contributed by atoms with Crippen LogP contribution in [0.2, 0.25) is 0 Å². The molecule has 16 heavy (non-hydrogen) atoms. The second-order valence-electron chi connectivity index (χ2n) is 4.52. The third kappa shape index (κ3) is 2.30. The van der Waals surface area contributed by atoms with E-state index in [4.69, 9.17) is 9.47 Å². The molecule has 0 aromatic heterocycles. The predicted octanol–water partition coefficient (Wildman–Crippen LogP) is 2.10. The standard InChI is InChI=1S/C13H17NO2/c1(7-14-11-4-5-11)2-10-3-6-12-13(8-10)16-9-15-12/h3,6,8,11,14H,1-2,4-5,7,9H2. The minimum atomic E-state index is 0.363. The second kappa shape index (κ2) is 4.34. The van der Waals surface area contributed by atoms with Crippen LogP contribution >= 0.6 is 0 Å². The van der Waals surface area contributed by atoms with Crippen molar-refractivity contribution in [3.8, 4) is 11.5 Å². The molecule has 3 nitrogen and oxygen atoms in total. The molecular formula is C13H17NO2. The van der Waals surface area contributed by atoms with E-state index >= 15 is 0 Å². The number of benzene rings is 1. The van der Waals surface area contributed by atoms with Gasteiger partial charge < -0.3 is 14.8 Å². The lowest BCUT2D eigenvalue weighted by Gasteiger charge is -2.04. The molecule has 1 heterocycles. The molecule has 0 atom stereocenters. The van der Waals surface area contributed by atoms with Gasteiger partial charge in [-0.2, -0.15) is 0 Å². The second-order valence-corrected chi connectivity index (χ2v) is 4.52. The van der Waals surface area contributed by atoms with E-state index in [1.165, 1.54) is 24.8 Å². The lowest BCUT2D eigenvalue weighted by molar-refractivity contribution is 0.174. The Morgan fingerprint density at radius 2 is 2.06 bits per heavy atom. The zero-order chi connectivity index (χ0) is 10.8. The fourth-order valence-electron chi connectivity index (χ4n) is 1.98. The molecule has 3 rings (SSSR count). The Hall–Kier alpha value is -1.22. The lowest BCUT2D eigenvalue weighted by atomic mass is 10.1. The first kappa shape index (κ1) is 9.97. The number of hydrogen-bond donors (Lipinski definition) is 1. The van der Waals surface area contributed by atoms with E-state index in [1.807, 2.05) is 6.07 Å². The number of nitrogens with one attached hydrogen (secondary N) is 1. The van der Waals surface area contributed by atoms with Gasteiger partial charge in [0.05, 0.1) is 0 Å². The first-order valence-electron chi connectivity index (χ1n) is 6.04. The topological polar surface area (TPSA) is 30.5 Å². The average Bonchev–Trinajstić information content (AvgIpc) is 3.01. The van der Waals surface area contributed by atoms with Gasteiger partial charge in [0, 0.05) is 6.04 Å². The molecule has 0 spiro atoms. The van der Waals surface area contributed by atoms with Crippen LogP contribution in [0.15, 0.2) is 18.2 Å². The summed E-state index contributed by atoms with van der Waals surface area (Å²) in [5, 5.41) is 3.52. The highest BCUT2D eigenvalue weighted by Gasteiger charge is 2.19. The maximum Gasteiger partial charge on any atom is 0.231 e. The molecule has 1 aromatic carbocycles. The molecular weight excluding hydrogens is 202 g/mol. The Labute approximate surface area is 95.8 Å². The van der Waals surface area contributed by atoms with Gasteiger partial charge in [0.1, 0.15) is 0 Å². The Morgan fingerprint density at radius 1 is 1.19 bits per heavy atom. The molecule has 1 N–H and O–H groups in total. The van der Waals surface area contributed by atoms with Crippen LogP contribution in [0, 0.1) is 0 Å². The van der Waals surface area contributed by atoms with E-state index in [0.717, 1.165) is 30.5 Å². The first-order valence-corrected chi connectivity index (χ1v) is 6.04. The van der Waals surface area contributed by atoms with Gasteiger partial charge in [0.15, 0.2) is 11.5 Å². The normalized spacial score (nSPS) is 17.8. The van der Waals surface area contributed by atoms with Crippen LogP contribution in [0.4, 0.5) is 0 Å². The van der Waals surface area contributed by atoms with Crippen LogP contribution in [0.25, 0.3) is 0 Å². The van der Waals surface area contributed by atoms with Crippen molar-refractivity contribution in [3.63, 3.8) is 0 Å². The molecule has 1 aromatic rings. The van der Waals surface area contributed by atoms with Crippen molar-refractivity contribution in [2.75, 3.05) is 13.3 Å². The van der Waals surface area contributed by atoms with Crippen molar-refractivity contribution in [3.05, 3.63) is 23.8 Å². The van der Waals surface area contributed by atoms with E-state index in [0.29, 0.717) is 6.79 Å². The minimum absolute atomic E-state index is 0.363. The first-order chi connectivity index (χ1) is 7.92. The minimum Gasteiger partial charge on any atom is -0.454 e. The molecule has 0 unspecified atom stereocenters. The largest absolute Gasteiger partial charge is 0.454 e. The average molecular weight is 219 g/mol. The number of rotatable bonds is 5. The van der Waals surface area contributed by atoms with Crippen molar-refractivity contribution in [1.29, 1.82) is 0 Å². The van der Waals surface area contributed by atoms with Crippen LogP contribution in [0.1, 0.15) is 24.8 Å². The van der Waals surface area contributed by atoms with Crippen LogP contribution in [-0.2, 0) is 6.42 Å². The molecule has 1 fully saturated rings. The summed E-state index contributed by atoms with van der Waals surface area (Å²) in [5.74, 6) is 1.77.